The molecule has 0 aliphatic carbocycles. The molecule has 116 valence electrons. The fraction of sp³-hybridized carbons (Fsp3) is 0.500. The lowest BCUT2D eigenvalue weighted by Crippen LogP contribution is -2.16. The number of nitrogens with one attached hydrogen (secondary N) is 1. The topological polar surface area (TPSA) is 33.6 Å². The minimum atomic E-state index is 0.191. The van der Waals surface area contributed by atoms with E-state index in [1.165, 1.54) is 5.57 Å². The van der Waals surface area contributed by atoms with Crippen molar-refractivity contribution in [1.82, 2.24) is 5.43 Å². The molecule has 3 nitrogen and oxygen atoms in total. The van der Waals surface area contributed by atoms with Gasteiger partial charge in [-0.15, -0.1) is 0 Å². The molecule has 0 aliphatic rings. The van der Waals surface area contributed by atoms with Crippen LogP contribution in [0.4, 0.5) is 0 Å². The van der Waals surface area contributed by atoms with Gasteiger partial charge in [-0.05, 0) is 70.4 Å². The van der Waals surface area contributed by atoms with Crippen LogP contribution in [0.5, 0.6) is 5.75 Å². The van der Waals surface area contributed by atoms with Crippen molar-refractivity contribution >= 4 is 5.71 Å². The summed E-state index contributed by atoms with van der Waals surface area (Å²) in [6.07, 6.45) is 0.191. The van der Waals surface area contributed by atoms with E-state index < -0.39 is 0 Å². The average Bonchev–Trinajstić information content (AvgIpc) is 2.39. The first-order chi connectivity index (χ1) is 9.81. The standard InChI is InChI=1S/C18H28N2O/c1-12(2)15(7)19-20-18(13(3)4)16-8-10-17(11-9-16)21-14(5)6/h8-11,13-14,19H,1-7H3/b20-18+. The molecule has 0 radical (unpaired) electrons. The van der Waals surface area contributed by atoms with Crippen LogP contribution in [-0.2, 0) is 0 Å². The summed E-state index contributed by atoms with van der Waals surface area (Å²) in [6.45, 7) is 14.5. The molecule has 0 saturated carbocycles. The van der Waals surface area contributed by atoms with Crippen LogP contribution in [0.2, 0.25) is 0 Å². The quantitative estimate of drug-likeness (QED) is 0.606. The molecule has 0 atom stereocenters. The summed E-state index contributed by atoms with van der Waals surface area (Å²) < 4.78 is 5.68. The van der Waals surface area contributed by atoms with Crippen LogP contribution in [-0.4, -0.2) is 11.8 Å². The van der Waals surface area contributed by atoms with Crippen molar-refractivity contribution in [3.05, 3.63) is 41.1 Å². The van der Waals surface area contributed by atoms with Gasteiger partial charge in [0, 0.05) is 5.70 Å². The fourth-order valence-corrected chi connectivity index (χ4v) is 1.76. The van der Waals surface area contributed by atoms with Crippen LogP contribution in [0, 0.1) is 5.92 Å². The molecule has 0 heterocycles. The predicted molar refractivity (Wildman–Crippen MR) is 90.8 cm³/mol. The molecule has 0 aromatic heterocycles. The number of hydrogen-bond donors (Lipinski definition) is 1. The summed E-state index contributed by atoms with van der Waals surface area (Å²) in [5, 5.41) is 4.57. The lowest BCUT2D eigenvalue weighted by atomic mass is 10.00. The predicted octanol–water partition coefficient (Wildman–Crippen LogP) is 4.74. The molecular weight excluding hydrogens is 260 g/mol. The molecule has 3 heteroatoms. The van der Waals surface area contributed by atoms with Crippen LogP contribution in [0.15, 0.2) is 40.6 Å². The van der Waals surface area contributed by atoms with Crippen LogP contribution >= 0.6 is 0 Å². The summed E-state index contributed by atoms with van der Waals surface area (Å²) >= 11 is 0. The summed E-state index contributed by atoms with van der Waals surface area (Å²) in [7, 11) is 0. The van der Waals surface area contributed by atoms with Gasteiger partial charge < -0.3 is 4.74 Å². The molecule has 0 bridgehead atoms. The van der Waals surface area contributed by atoms with E-state index in [0.29, 0.717) is 5.92 Å². The summed E-state index contributed by atoms with van der Waals surface area (Å²) in [5.41, 5.74) is 7.64. The van der Waals surface area contributed by atoms with E-state index in [1.807, 2.05) is 32.9 Å². The van der Waals surface area contributed by atoms with Crippen molar-refractivity contribution in [3.8, 4) is 5.75 Å². The Morgan fingerprint density at radius 1 is 1.00 bits per heavy atom. The summed E-state index contributed by atoms with van der Waals surface area (Å²) in [6, 6.07) is 8.13. The van der Waals surface area contributed by atoms with Crippen LogP contribution in [0.1, 0.15) is 54.0 Å². The van der Waals surface area contributed by atoms with Gasteiger partial charge in [0.2, 0.25) is 0 Å². The van der Waals surface area contributed by atoms with Crippen molar-refractivity contribution in [3.63, 3.8) is 0 Å². The monoisotopic (exact) mass is 288 g/mol. The number of allylic oxidation sites excluding steroid dienone is 2. The highest BCUT2D eigenvalue weighted by Gasteiger charge is 2.09. The molecule has 0 saturated heterocycles. The van der Waals surface area contributed by atoms with E-state index in [0.717, 1.165) is 22.7 Å². The zero-order chi connectivity index (χ0) is 16.0. The first-order valence-corrected chi connectivity index (χ1v) is 7.56. The second-order valence-electron chi connectivity index (χ2n) is 6.08. The van der Waals surface area contributed by atoms with Crippen LogP contribution in [0.3, 0.4) is 0 Å². The van der Waals surface area contributed by atoms with Gasteiger partial charge in [0.15, 0.2) is 0 Å². The molecule has 1 N–H and O–H groups in total. The molecule has 1 aromatic rings. The van der Waals surface area contributed by atoms with Crippen LogP contribution in [0.25, 0.3) is 0 Å². The van der Waals surface area contributed by atoms with Gasteiger partial charge in [-0.3, -0.25) is 5.43 Å². The van der Waals surface area contributed by atoms with Gasteiger partial charge in [-0.2, -0.15) is 5.10 Å². The van der Waals surface area contributed by atoms with E-state index in [-0.39, 0.29) is 6.10 Å². The Kier molecular flexibility index (Phi) is 6.47. The molecule has 0 unspecified atom stereocenters. The maximum atomic E-state index is 5.68. The van der Waals surface area contributed by atoms with Crippen molar-refractivity contribution in [2.75, 3.05) is 0 Å². The SMILES string of the molecule is CC(C)=C(C)N/N=C(/c1ccc(OC(C)C)cc1)C(C)C. The lowest BCUT2D eigenvalue weighted by Gasteiger charge is -2.14. The largest absolute Gasteiger partial charge is 0.491 e. The van der Waals surface area contributed by atoms with Gasteiger partial charge >= 0.3 is 0 Å². The van der Waals surface area contributed by atoms with Crippen LogP contribution < -0.4 is 10.2 Å². The summed E-state index contributed by atoms with van der Waals surface area (Å²) in [4.78, 5) is 0. The van der Waals surface area contributed by atoms with E-state index >= 15 is 0 Å². The normalized spacial score (nSPS) is 11.8. The Labute approximate surface area is 129 Å². The van der Waals surface area contributed by atoms with Gasteiger partial charge in [-0.25, -0.2) is 0 Å². The second kappa shape index (κ2) is 7.87. The van der Waals surface area contributed by atoms with Crippen molar-refractivity contribution in [1.29, 1.82) is 0 Å². The molecule has 0 fully saturated rings. The number of rotatable bonds is 6. The van der Waals surface area contributed by atoms with Gasteiger partial charge in [0.1, 0.15) is 5.75 Å². The highest BCUT2D eigenvalue weighted by atomic mass is 16.5. The van der Waals surface area contributed by atoms with Gasteiger partial charge in [-0.1, -0.05) is 19.4 Å². The lowest BCUT2D eigenvalue weighted by molar-refractivity contribution is 0.242. The van der Waals surface area contributed by atoms with Crippen molar-refractivity contribution in [2.24, 2.45) is 11.0 Å². The Bertz CT molecular complexity index is 507. The Morgan fingerprint density at radius 2 is 1.57 bits per heavy atom. The number of ether oxygens (including phenoxy) is 1. The van der Waals surface area contributed by atoms with E-state index in [4.69, 9.17) is 4.74 Å². The maximum absolute atomic E-state index is 5.68. The number of nitrogens with zero attached hydrogens (tertiary/aromatic N) is 1. The third-order valence-corrected chi connectivity index (χ3v) is 3.16. The average molecular weight is 288 g/mol. The smallest absolute Gasteiger partial charge is 0.119 e. The Hall–Kier alpha value is -1.77. The number of hydrogen-bond acceptors (Lipinski definition) is 3. The molecule has 1 aromatic carbocycles. The third kappa shape index (κ3) is 5.62. The zero-order valence-corrected chi connectivity index (χ0v) is 14.3. The molecule has 0 aliphatic heterocycles. The van der Waals surface area contributed by atoms with Crippen molar-refractivity contribution < 1.29 is 4.74 Å². The molecule has 21 heavy (non-hydrogen) atoms. The van der Waals surface area contributed by atoms with Gasteiger partial charge in [0.05, 0.1) is 11.8 Å². The number of hydrazone groups is 1. The zero-order valence-electron chi connectivity index (χ0n) is 14.3. The maximum Gasteiger partial charge on any atom is 0.119 e. The molecule has 0 spiro atoms. The van der Waals surface area contributed by atoms with Gasteiger partial charge in [0.25, 0.3) is 0 Å². The Morgan fingerprint density at radius 3 is 2.00 bits per heavy atom. The number of benzene rings is 1. The highest BCUT2D eigenvalue weighted by Crippen LogP contribution is 2.17. The third-order valence-electron chi connectivity index (χ3n) is 3.16. The highest BCUT2D eigenvalue weighted by molar-refractivity contribution is 6.01. The Balaban J connectivity index is 2.96. The van der Waals surface area contributed by atoms with E-state index in [9.17, 15) is 0 Å². The van der Waals surface area contributed by atoms with E-state index in [2.05, 4.69) is 50.4 Å². The minimum absolute atomic E-state index is 0.191. The van der Waals surface area contributed by atoms with E-state index in [1.54, 1.807) is 0 Å². The molecule has 0 amide bonds. The fourth-order valence-electron chi connectivity index (χ4n) is 1.76. The molecule has 1 rings (SSSR count). The molecular formula is C18H28N2O. The first-order valence-electron chi connectivity index (χ1n) is 7.56. The summed E-state index contributed by atoms with van der Waals surface area (Å²) in [5.74, 6) is 1.24. The second-order valence-corrected chi connectivity index (χ2v) is 6.08. The van der Waals surface area contributed by atoms with Crippen molar-refractivity contribution in [2.45, 2.75) is 54.6 Å². The first kappa shape index (κ1) is 17.3. The minimum Gasteiger partial charge on any atom is -0.491 e.